The van der Waals surface area contributed by atoms with Crippen LogP contribution in [-0.2, 0) is 11.3 Å². The monoisotopic (exact) mass is 289 g/mol. The summed E-state index contributed by atoms with van der Waals surface area (Å²) < 4.78 is 10.8. The van der Waals surface area contributed by atoms with Crippen molar-refractivity contribution in [3.63, 3.8) is 0 Å². The molecule has 0 atom stereocenters. The Hall–Kier alpha value is -1.59. The maximum Gasteiger partial charge on any atom is 0.119 e. The lowest BCUT2D eigenvalue weighted by Crippen LogP contribution is -2.62. The Balaban J connectivity index is 1.68. The lowest BCUT2D eigenvalue weighted by molar-refractivity contribution is 0.0595. The Bertz CT molecular complexity index is 510. The predicted molar refractivity (Wildman–Crippen MR) is 82.9 cm³/mol. The molecule has 2 aliphatic rings. The van der Waals surface area contributed by atoms with Gasteiger partial charge in [-0.15, -0.1) is 0 Å². The molecule has 0 bridgehead atoms. The van der Waals surface area contributed by atoms with E-state index >= 15 is 0 Å². The number of hydrogen-bond acceptors (Lipinski definition) is 5. The van der Waals surface area contributed by atoms with Crippen LogP contribution in [0.15, 0.2) is 29.3 Å². The molecule has 2 aliphatic heterocycles. The van der Waals surface area contributed by atoms with Gasteiger partial charge >= 0.3 is 0 Å². The highest BCUT2D eigenvalue weighted by Crippen LogP contribution is 2.24. The van der Waals surface area contributed by atoms with Crippen molar-refractivity contribution >= 4 is 5.84 Å². The molecule has 5 heteroatoms. The number of nitrogens with zero attached hydrogens (tertiary/aromatic N) is 1. The quantitative estimate of drug-likeness (QED) is 0.881. The average Bonchev–Trinajstić information content (AvgIpc) is 2.55. The Kier molecular flexibility index (Phi) is 4.41. The van der Waals surface area contributed by atoms with Gasteiger partial charge in [-0.05, 0) is 30.5 Å². The molecular formula is C16H23N3O2. The van der Waals surface area contributed by atoms with Crippen molar-refractivity contribution in [2.75, 3.05) is 33.4 Å². The van der Waals surface area contributed by atoms with E-state index in [0.717, 1.165) is 57.3 Å². The smallest absolute Gasteiger partial charge is 0.119 e. The number of amidine groups is 1. The van der Waals surface area contributed by atoms with Crippen molar-refractivity contribution in [1.82, 2.24) is 10.6 Å². The van der Waals surface area contributed by atoms with E-state index in [-0.39, 0.29) is 5.54 Å². The van der Waals surface area contributed by atoms with Crippen LogP contribution < -0.4 is 15.4 Å². The summed E-state index contributed by atoms with van der Waals surface area (Å²) in [5.74, 6) is 1.97. The van der Waals surface area contributed by atoms with E-state index in [1.165, 1.54) is 5.56 Å². The zero-order chi connectivity index (χ0) is 14.5. The lowest BCUT2D eigenvalue weighted by atomic mass is 9.87. The van der Waals surface area contributed by atoms with Gasteiger partial charge < -0.3 is 20.1 Å². The fourth-order valence-electron chi connectivity index (χ4n) is 3.02. The van der Waals surface area contributed by atoms with Gasteiger partial charge in [0.25, 0.3) is 0 Å². The number of aliphatic imine (C=N–C) groups is 1. The highest BCUT2D eigenvalue weighted by atomic mass is 16.5. The first kappa shape index (κ1) is 14.4. The third-order valence-electron chi connectivity index (χ3n) is 4.24. The summed E-state index contributed by atoms with van der Waals surface area (Å²) in [6.07, 6.45) is 1.97. The van der Waals surface area contributed by atoms with Crippen LogP contribution in [0.3, 0.4) is 0 Å². The van der Waals surface area contributed by atoms with Gasteiger partial charge in [0.2, 0.25) is 0 Å². The van der Waals surface area contributed by atoms with Crippen molar-refractivity contribution in [2.24, 2.45) is 4.99 Å². The minimum absolute atomic E-state index is 0.0185. The first-order valence-electron chi connectivity index (χ1n) is 7.57. The van der Waals surface area contributed by atoms with Crippen molar-refractivity contribution in [3.8, 4) is 5.75 Å². The molecule has 1 fully saturated rings. The first-order chi connectivity index (χ1) is 10.3. The largest absolute Gasteiger partial charge is 0.497 e. The molecule has 1 spiro atoms. The van der Waals surface area contributed by atoms with E-state index in [9.17, 15) is 0 Å². The van der Waals surface area contributed by atoms with Gasteiger partial charge in [0.05, 0.1) is 19.2 Å². The van der Waals surface area contributed by atoms with E-state index in [4.69, 9.17) is 14.5 Å². The summed E-state index contributed by atoms with van der Waals surface area (Å²) in [6, 6.07) is 8.13. The Morgan fingerprint density at radius 2 is 2.24 bits per heavy atom. The highest BCUT2D eigenvalue weighted by Gasteiger charge is 2.38. The summed E-state index contributed by atoms with van der Waals surface area (Å²) in [4.78, 5) is 4.72. The molecule has 0 unspecified atom stereocenters. The number of benzene rings is 1. The topological polar surface area (TPSA) is 54.9 Å². The van der Waals surface area contributed by atoms with E-state index in [2.05, 4.69) is 22.8 Å². The normalized spacial score (nSPS) is 20.9. The zero-order valence-corrected chi connectivity index (χ0v) is 12.5. The van der Waals surface area contributed by atoms with Crippen LogP contribution in [0.2, 0.25) is 0 Å². The van der Waals surface area contributed by atoms with E-state index in [0.29, 0.717) is 0 Å². The summed E-state index contributed by atoms with van der Waals surface area (Å²) in [7, 11) is 1.69. The highest BCUT2D eigenvalue weighted by molar-refractivity contribution is 5.92. The fraction of sp³-hybridized carbons (Fsp3) is 0.562. The average molecular weight is 289 g/mol. The minimum atomic E-state index is -0.0185. The zero-order valence-electron chi connectivity index (χ0n) is 12.5. The van der Waals surface area contributed by atoms with Crippen LogP contribution in [0.4, 0.5) is 0 Å². The number of methoxy groups -OCH3 is 1. The van der Waals surface area contributed by atoms with Gasteiger partial charge in [-0.25, -0.2) is 0 Å². The molecule has 1 aromatic carbocycles. The Labute approximate surface area is 125 Å². The van der Waals surface area contributed by atoms with Gasteiger partial charge in [0.1, 0.15) is 11.6 Å². The molecule has 1 aromatic rings. The van der Waals surface area contributed by atoms with Crippen molar-refractivity contribution in [2.45, 2.75) is 24.9 Å². The van der Waals surface area contributed by atoms with Gasteiger partial charge in [-0.1, -0.05) is 12.1 Å². The molecule has 5 nitrogen and oxygen atoms in total. The van der Waals surface area contributed by atoms with E-state index < -0.39 is 0 Å². The van der Waals surface area contributed by atoms with Crippen LogP contribution in [0.25, 0.3) is 0 Å². The Morgan fingerprint density at radius 1 is 1.38 bits per heavy atom. The van der Waals surface area contributed by atoms with Crippen LogP contribution >= 0.6 is 0 Å². The molecule has 0 radical (unpaired) electrons. The third-order valence-corrected chi connectivity index (χ3v) is 4.24. The maximum atomic E-state index is 5.50. The van der Waals surface area contributed by atoms with Gasteiger partial charge in [0.15, 0.2) is 0 Å². The van der Waals surface area contributed by atoms with Crippen molar-refractivity contribution in [1.29, 1.82) is 0 Å². The number of ether oxygens (including phenoxy) is 2. The number of hydrogen-bond donors (Lipinski definition) is 2. The predicted octanol–water partition coefficient (Wildman–Crippen LogP) is 1.34. The van der Waals surface area contributed by atoms with Crippen molar-refractivity contribution in [3.05, 3.63) is 29.8 Å². The molecule has 2 N–H and O–H groups in total. The van der Waals surface area contributed by atoms with E-state index in [1.807, 2.05) is 12.1 Å². The second-order valence-electron chi connectivity index (χ2n) is 5.56. The van der Waals surface area contributed by atoms with Crippen LogP contribution in [-0.4, -0.2) is 44.8 Å². The second-order valence-corrected chi connectivity index (χ2v) is 5.56. The summed E-state index contributed by atoms with van der Waals surface area (Å²) in [5, 5.41) is 7.17. The molecular weight excluding hydrogens is 266 g/mol. The molecule has 114 valence electrons. The second kappa shape index (κ2) is 6.45. The summed E-state index contributed by atoms with van der Waals surface area (Å²) in [6.45, 7) is 4.15. The summed E-state index contributed by atoms with van der Waals surface area (Å²) >= 11 is 0. The van der Waals surface area contributed by atoms with E-state index in [1.54, 1.807) is 7.11 Å². The van der Waals surface area contributed by atoms with Crippen LogP contribution in [0, 0.1) is 0 Å². The molecule has 0 amide bonds. The van der Waals surface area contributed by atoms with Gasteiger partial charge in [0, 0.05) is 26.3 Å². The van der Waals surface area contributed by atoms with Gasteiger partial charge in [-0.3, -0.25) is 4.99 Å². The molecule has 2 heterocycles. The van der Waals surface area contributed by atoms with Crippen LogP contribution in [0.5, 0.6) is 5.75 Å². The lowest BCUT2D eigenvalue weighted by Gasteiger charge is -2.41. The third kappa shape index (κ3) is 3.19. The molecule has 3 rings (SSSR count). The maximum absolute atomic E-state index is 5.50. The number of rotatable bonds is 3. The first-order valence-corrected chi connectivity index (χ1v) is 7.57. The van der Waals surface area contributed by atoms with Crippen molar-refractivity contribution < 1.29 is 9.47 Å². The molecule has 0 aliphatic carbocycles. The fourth-order valence-corrected chi connectivity index (χ4v) is 3.02. The number of nitrogens with one attached hydrogen (secondary N) is 2. The Morgan fingerprint density at radius 3 is 3.05 bits per heavy atom. The van der Waals surface area contributed by atoms with Crippen LogP contribution in [0.1, 0.15) is 18.4 Å². The molecule has 1 saturated heterocycles. The minimum Gasteiger partial charge on any atom is -0.497 e. The molecule has 21 heavy (non-hydrogen) atoms. The SMILES string of the molecule is COc1cccc(CNC2=NCCNC23CCOCC3)c1. The standard InChI is InChI=1S/C16H23N3O2/c1-20-14-4-2-3-13(11-14)12-18-15-16(19-8-7-17-15)5-9-21-10-6-16/h2-4,11,19H,5-10,12H2,1H3,(H,17,18). The summed E-state index contributed by atoms with van der Waals surface area (Å²) in [5.41, 5.74) is 1.18. The molecule has 0 aromatic heterocycles. The molecule has 0 saturated carbocycles. The van der Waals surface area contributed by atoms with Gasteiger partial charge in [-0.2, -0.15) is 0 Å².